The number of allylic oxidation sites excluding steroid dienone is 1. The van der Waals surface area contributed by atoms with Gasteiger partial charge in [0, 0.05) is 39.0 Å². The average molecular weight is 603 g/mol. The molecule has 0 aliphatic heterocycles. The lowest BCUT2D eigenvalue weighted by molar-refractivity contribution is 0.956. The molecular formula is C45H34N2. The molecule has 1 atom stereocenters. The van der Waals surface area contributed by atoms with Crippen molar-refractivity contribution in [2.24, 2.45) is 0 Å². The number of benzene rings is 6. The van der Waals surface area contributed by atoms with Gasteiger partial charge < -0.3 is 9.13 Å². The van der Waals surface area contributed by atoms with Gasteiger partial charge in [-0.1, -0.05) is 116 Å². The molecule has 2 aliphatic carbocycles. The van der Waals surface area contributed by atoms with Gasteiger partial charge in [0.2, 0.25) is 0 Å². The molecule has 6 aromatic carbocycles. The van der Waals surface area contributed by atoms with Crippen LogP contribution in [0.25, 0.3) is 72.4 Å². The van der Waals surface area contributed by atoms with Gasteiger partial charge in [-0.05, 0) is 89.1 Å². The van der Waals surface area contributed by atoms with Gasteiger partial charge in [0.1, 0.15) is 0 Å². The van der Waals surface area contributed by atoms with Crippen LogP contribution in [0.5, 0.6) is 0 Å². The van der Waals surface area contributed by atoms with Crippen LogP contribution in [0.2, 0.25) is 0 Å². The molecule has 1 unspecified atom stereocenters. The molecule has 2 nitrogen and oxygen atoms in total. The highest BCUT2D eigenvalue weighted by atomic mass is 15.0. The van der Waals surface area contributed by atoms with Crippen LogP contribution in [0.4, 0.5) is 0 Å². The lowest BCUT2D eigenvalue weighted by Crippen LogP contribution is -2.04. The van der Waals surface area contributed by atoms with Crippen molar-refractivity contribution >= 4 is 38.8 Å². The molecule has 2 heteroatoms. The minimum atomic E-state index is 0.310. The largest absolute Gasteiger partial charge is 0.310 e. The third kappa shape index (κ3) is 3.67. The van der Waals surface area contributed by atoms with Crippen LogP contribution in [0.3, 0.4) is 0 Å². The van der Waals surface area contributed by atoms with Crippen molar-refractivity contribution in [1.82, 2.24) is 9.13 Å². The summed E-state index contributed by atoms with van der Waals surface area (Å²) in [5.74, 6) is 0.310. The SMILES string of the molecule is Cc1cccc(-c2cccc(-n3c4c(c5ccccc53)CCC=C4)c2)c1-n1c2ccccc2c2ccc3c(c21)C(C)c1ccccc1-3. The van der Waals surface area contributed by atoms with Crippen LogP contribution in [-0.2, 0) is 6.42 Å². The first-order valence-electron chi connectivity index (χ1n) is 16.8. The summed E-state index contributed by atoms with van der Waals surface area (Å²) in [5.41, 5.74) is 18.4. The minimum absolute atomic E-state index is 0.310. The van der Waals surface area contributed by atoms with Crippen molar-refractivity contribution in [3.05, 3.63) is 161 Å². The Morgan fingerprint density at radius 1 is 0.617 bits per heavy atom. The van der Waals surface area contributed by atoms with E-state index in [1.165, 1.54) is 94.3 Å². The predicted octanol–water partition coefficient (Wildman–Crippen LogP) is 11.8. The second-order valence-electron chi connectivity index (χ2n) is 13.3. The van der Waals surface area contributed by atoms with E-state index in [-0.39, 0.29) is 0 Å². The van der Waals surface area contributed by atoms with Crippen LogP contribution in [-0.4, -0.2) is 9.13 Å². The molecule has 0 saturated heterocycles. The number of aryl methyl sites for hydroxylation is 2. The summed E-state index contributed by atoms with van der Waals surface area (Å²) in [6.07, 6.45) is 6.82. The normalized spacial score (nSPS) is 15.0. The van der Waals surface area contributed by atoms with E-state index in [2.05, 4.69) is 163 Å². The molecule has 0 N–H and O–H groups in total. The summed E-state index contributed by atoms with van der Waals surface area (Å²) in [6, 6.07) is 47.5. The maximum Gasteiger partial charge on any atom is 0.0585 e. The number of fused-ring (bicyclic) bond motifs is 10. The molecule has 0 saturated carbocycles. The monoisotopic (exact) mass is 602 g/mol. The van der Waals surface area contributed by atoms with Gasteiger partial charge in [-0.3, -0.25) is 0 Å². The van der Waals surface area contributed by atoms with Crippen molar-refractivity contribution < 1.29 is 0 Å². The number of aromatic nitrogens is 2. The van der Waals surface area contributed by atoms with Gasteiger partial charge in [-0.25, -0.2) is 0 Å². The van der Waals surface area contributed by atoms with E-state index < -0.39 is 0 Å². The summed E-state index contributed by atoms with van der Waals surface area (Å²) in [4.78, 5) is 0. The molecule has 2 aromatic heterocycles. The van der Waals surface area contributed by atoms with Crippen molar-refractivity contribution in [3.8, 4) is 33.6 Å². The first-order valence-corrected chi connectivity index (χ1v) is 16.8. The van der Waals surface area contributed by atoms with Crippen molar-refractivity contribution in [1.29, 1.82) is 0 Å². The molecule has 47 heavy (non-hydrogen) atoms. The Kier molecular flexibility index (Phi) is 5.63. The lowest BCUT2D eigenvalue weighted by atomic mass is 9.96. The number of hydrogen-bond donors (Lipinski definition) is 0. The Bertz CT molecular complexity index is 2610. The van der Waals surface area contributed by atoms with E-state index in [1.807, 2.05) is 0 Å². The van der Waals surface area contributed by atoms with Crippen molar-refractivity contribution in [2.45, 2.75) is 32.6 Å². The number of nitrogens with zero attached hydrogens (tertiary/aromatic N) is 2. The number of para-hydroxylation sites is 3. The van der Waals surface area contributed by atoms with Crippen LogP contribution in [0.1, 0.15) is 47.2 Å². The zero-order valence-corrected chi connectivity index (χ0v) is 26.7. The molecule has 2 aliphatic rings. The standard InChI is InChI=1S/C45H34N2/c1-28-13-11-21-33(30-14-12-15-31(27-30)46-40-22-8-5-18-35(40)36-19-6-9-23-41(36)46)44(28)47-42-24-10-7-20-37(42)39-26-25-38-34-17-4-3-16-32(34)29(2)43(38)45(39)47/h3-5,7-18,20-27,29H,6,19H2,1-2H3. The number of hydrogen-bond acceptors (Lipinski definition) is 0. The summed E-state index contributed by atoms with van der Waals surface area (Å²) in [6.45, 7) is 4.65. The van der Waals surface area contributed by atoms with Crippen molar-refractivity contribution in [3.63, 3.8) is 0 Å². The number of rotatable bonds is 3. The fourth-order valence-corrected chi connectivity index (χ4v) is 8.73. The molecule has 0 bridgehead atoms. The molecule has 10 rings (SSSR count). The summed E-state index contributed by atoms with van der Waals surface area (Å²) >= 11 is 0. The van der Waals surface area contributed by atoms with E-state index in [9.17, 15) is 0 Å². The predicted molar refractivity (Wildman–Crippen MR) is 198 cm³/mol. The highest BCUT2D eigenvalue weighted by Gasteiger charge is 2.30. The molecule has 0 fully saturated rings. The smallest absolute Gasteiger partial charge is 0.0585 e. The molecule has 0 amide bonds. The zero-order valence-electron chi connectivity index (χ0n) is 26.7. The Labute approximate surface area is 274 Å². The van der Waals surface area contributed by atoms with Crippen molar-refractivity contribution in [2.75, 3.05) is 0 Å². The van der Waals surface area contributed by atoms with Crippen LogP contribution in [0.15, 0.2) is 133 Å². The van der Waals surface area contributed by atoms with Crippen LogP contribution < -0.4 is 0 Å². The summed E-state index contributed by atoms with van der Waals surface area (Å²) < 4.78 is 5.05. The second-order valence-corrected chi connectivity index (χ2v) is 13.3. The van der Waals surface area contributed by atoms with Crippen LogP contribution in [0, 0.1) is 6.92 Å². The van der Waals surface area contributed by atoms with Gasteiger partial charge in [0.15, 0.2) is 0 Å². The quantitative estimate of drug-likeness (QED) is 0.190. The fourth-order valence-electron chi connectivity index (χ4n) is 8.73. The average Bonchev–Trinajstić information content (AvgIpc) is 3.74. The molecule has 0 radical (unpaired) electrons. The maximum atomic E-state index is 2.58. The molecular weight excluding hydrogens is 569 g/mol. The van der Waals surface area contributed by atoms with Gasteiger partial charge in [0.25, 0.3) is 0 Å². The fraction of sp³-hybridized carbons (Fsp3) is 0.111. The first-order chi connectivity index (χ1) is 23.2. The minimum Gasteiger partial charge on any atom is -0.310 e. The van der Waals surface area contributed by atoms with E-state index in [4.69, 9.17) is 0 Å². The Morgan fingerprint density at radius 2 is 1.36 bits per heavy atom. The van der Waals surface area contributed by atoms with Crippen LogP contribution >= 0.6 is 0 Å². The highest BCUT2D eigenvalue weighted by molar-refractivity contribution is 6.13. The van der Waals surface area contributed by atoms with E-state index >= 15 is 0 Å². The molecule has 2 heterocycles. The van der Waals surface area contributed by atoms with Gasteiger partial charge in [-0.2, -0.15) is 0 Å². The Balaban J connectivity index is 1.26. The first kappa shape index (κ1) is 26.6. The Hall–Kier alpha value is -5.60. The Morgan fingerprint density at radius 3 is 2.26 bits per heavy atom. The second kappa shape index (κ2) is 9.95. The van der Waals surface area contributed by atoms with E-state index in [0.29, 0.717) is 5.92 Å². The molecule has 0 spiro atoms. The third-order valence-electron chi connectivity index (χ3n) is 10.8. The highest BCUT2D eigenvalue weighted by Crippen LogP contribution is 2.50. The maximum absolute atomic E-state index is 2.58. The summed E-state index contributed by atoms with van der Waals surface area (Å²) in [5, 5.41) is 3.98. The van der Waals surface area contributed by atoms with E-state index in [0.717, 1.165) is 12.8 Å². The topological polar surface area (TPSA) is 9.86 Å². The van der Waals surface area contributed by atoms with E-state index in [1.54, 1.807) is 0 Å². The van der Waals surface area contributed by atoms with Gasteiger partial charge in [-0.15, -0.1) is 0 Å². The van der Waals surface area contributed by atoms with Gasteiger partial charge >= 0.3 is 0 Å². The zero-order chi connectivity index (χ0) is 31.2. The lowest BCUT2D eigenvalue weighted by Gasteiger charge is -2.20. The summed E-state index contributed by atoms with van der Waals surface area (Å²) in [7, 11) is 0. The van der Waals surface area contributed by atoms with Gasteiger partial charge in [0.05, 0.1) is 22.2 Å². The molecule has 8 aromatic rings. The molecule has 224 valence electrons. The third-order valence-corrected chi connectivity index (χ3v) is 10.8.